The Morgan fingerprint density at radius 3 is 2.00 bits per heavy atom. The van der Waals surface area contributed by atoms with Crippen molar-refractivity contribution in [2.45, 2.75) is 18.8 Å². The lowest BCUT2D eigenvalue weighted by molar-refractivity contribution is -0.191. The Bertz CT molecular complexity index is 2130. The quantitative estimate of drug-likeness (QED) is 0.135. The number of anilines is 1. The van der Waals surface area contributed by atoms with E-state index in [1.54, 1.807) is 14.2 Å². The van der Waals surface area contributed by atoms with Crippen LogP contribution in [0.1, 0.15) is 22.3 Å². The number of carbonyl (C=O) groups excluding carboxylic acids is 2. The molecule has 8 heteroatoms. The molecule has 1 fully saturated rings. The number of hydrogen-bond donors (Lipinski definition) is 1. The van der Waals surface area contributed by atoms with Gasteiger partial charge in [0.15, 0.2) is 0 Å². The topological polar surface area (TPSA) is 74.3 Å². The molecule has 7 rings (SSSR count). The summed E-state index contributed by atoms with van der Waals surface area (Å²) in [4.78, 5) is 18.7. The Balaban J connectivity index is 0.00000150. The molecule has 0 amide bonds. The van der Waals surface area contributed by atoms with E-state index in [0.717, 1.165) is 69.9 Å². The van der Waals surface area contributed by atoms with Crippen molar-refractivity contribution >= 4 is 35.2 Å². The Labute approximate surface area is 310 Å². The number of nitrogens with zero attached hydrogens (tertiary/aromatic N) is 1. The van der Waals surface area contributed by atoms with Gasteiger partial charge in [-0.1, -0.05) is 84.9 Å². The van der Waals surface area contributed by atoms with Crippen molar-refractivity contribution in [1.82, 2.24) is 0 Å². The Kier molecular flexibility index (Phi) is 12.3. The second kappa shape index (κ2) is 17.6. The zero-order valence-electron chi connectivity index (χ0n) is 29.3. The Morgan fingerprint density at radius 1 is 0.692 bits per heavy atom. The van der Waals surface area contributed by atoms with Crippen molar-refractivity contribution in [3.8, 4) is 39.5 Å². The van der Waals surface area contributed by atoms with E-state index in [2.05, 4.69) is 121 Å². The molecule has 6 aromatic rings. The van der Waals surface area contributed by atoms with Gasteiger partial charge >= 0.3 is 6.15 Å². The third kappa shape index (κ3) is 8.32. The summed E-state index contributed by atoms with van der Waals surface area (Å²) in [7, 11) is 3.39. The first-order chi connectivity index (χ1) is 25.6. The molecular weight excluding hydrogens is 671 g/mol. The second-order valence-electron chi connectivity index (χ2n) is 12.4. The highest BCUT2D eigenvalue weighted by Gasteiger charge is 2.24. The van der Waals surface area contributed by atoms with Crippen LogP contribution in [0.4, 0.5) is 5.69 Å². The molecule has 6 aromatic carbocycles. The molecule has 1 aliphatic heterocycles. The van der Waals surface area contributed by atoms with Gasteiger partial charge in [-0.2, -0.15) is 22.2 Å². The van der Waals surface area contributed by atoms with Crippen LogP contribution in [0.15, 0.2) is 121 Å². The lowest BCUT2D eigenvalue weighted by atomic mass is 9.87. The van der Waals surface area contributed by atoms with Gasteiger partial charge < -0.3 is 23.8 Å². The fourth-order valence-corrected chi connectivity index (χ4v) is 6.92. The lowest BCUT2D eigenvalue weighted by Crippen LogP contribution is -2.36. The molecule has 7 nitrogen and oxygen atoms in total. The molecule has 1 aliphatic rings. The summed E-state index contributed by atoms with van der Waals surface area (Å²) < 4.78 is 24.1. The molecule has 0 radical (unpaired) electrons. The van der Waals surface area contributed by atoms with Crippen molar-refractivity contribution in [2.75, 3.05) is 45.4 Å². The van der Waals surface area contributed by atoms with E-state index < -0.39 is 0 Å². The van der Waals surface area contributed by atoms with Crippen LogP contribution in [0.3, 0.4) is 0 Å². The number of thiol groups is 1. The van der Waals surface area contributed by atoms with Crippen molar-refractivity contribution in [1.29, 1.82) is 0 Å². The number of fused-ring (bicyclic) bond motifs is 1. The number of benzene rings is 6. The first-order valence-corrected chi connectivity index (χ1v) is 17.8. The molecule has 0 saturated carbocycles. The number of methoxy groups -OCH3 is 2. The van der Waals surface area contributed by atoms with E-state index in [4.69, 9.17) is 28.5 Å². The van der Waals surface area contributed by atoms with Crippen LogP contribution in [0, 0.1) is 0 Å². The molecule has 0 bridgehead atoms. The minimum Gasteiger partial charge on any atom is -0.497 e. The number of morpholine rings is 1. The molecular formula is C44H41NO6S. The van der Waals surface area contributed by atoms with Gasteiger partial charge in [-0.05, 0) is 75.5 Å². The standard InChI is InChI=1S/C43H41NO4S.CO2/c1-45-35-17-18-36(41(25-35)46-2)37-26-38-39(27-40(37)44-19-21-47-22-20-44)43(33-15-13-32(29-49)14-16-33)34(23-30-9-5-3-6-10-30)24-42(38)48-28-31-11-7-4-8-12-31;2-1-3/h3-18,24-27,49H,19-23,28-29H2,1-2H3;. The monoisotopic (exact) mass is 711 g/mol. The van der Waals surface area contributed by atoms with E-state index in [0.29, 0.717) is 25.6 Å². The maximum absolute atomic E-state index is 8.12. The van der Waals surface area contributed by atoms with E-state index in [-0.39, 0.29) is 6.15 Å². The molecule has 264 valence electrons. The highest BCUT2D eigenvalue weighted by Crippen LogP contribution is 2.47. The highest BCUT2D eigenvalue weighted by atomic mass is 32.1. The SMILES string of the molecule is COc1ccc(-c2cc3c(OCc4ccccc4)cc(Cc4ccccc4)c(-c4ccc(CS)cc4)c3cc2N2CCOCC2)c(OC)c1.O=C=O. The zero-order chi connectivity index (χ0) is 36.3. The van der Waals surface area contributed by atoms with E-state index in [1.807, 2.05) is 18.2 Å². The van der Waals surface area contributed by atoms with Crippen LogP contribution in [0.25, 0.3) is 33.0 Å². The maximum atomic E-state index is 8.12. The molecule has 0 aromatic heterocycles. The summed E-state index contributed by atoms with van der Waals surface area (Å²) in [5.41, 5.74) is 10.3. The van der Waals surface area contributed by atoms with Crippen molar-refractivity contribution in [2.24, 2.45) is 0 Å². The molecule has 0 N–H and O–H groups in total. The van der Waals surface area contributed by atoms with Gasteiger partial charge in [0.25, 0.3) is 0 Å². The van der Waals surface area contributed by atoms with Gasteiger partial charge in [-0.3, -0.25) is 0 Å². The minimum absolute atomic E-state index is 0.250. The fraction of sp³-hybridized carbons (Fsp3) is 0.205. The van der Waals surface area contributed by atoms with Gasteiger partial charge in [-0.25, -0.2) is 0 Å². The average Bonchev–Trinajstić information content (AvgIpc) is 3.20. The Hall–Kier alpha value is -5.53. The van der Waals surface area contributed by atoms with Gasteiger partial charge in [0.05, 0.1) is 27.4 Å². The first-order valence-electron chi connectivity index (χ1n) is 17.2. The van der Waals surface area contributed by atoms with Crippen molar-refractivity contribution < 1.29 is 28.5 Å². The predicted octanol–water partition coefficient (Wildman–Crippen LogP) is 9.04. The molecule has 0 unspecified atom stereocenters. The van der Waals surface area contributed by atoms with E-state index in [9.17, 15) is 0 Å². The molecule has 0 spiro atoms. The van der Waals surface area contributed by atoms with Crippen LogP contribution in [-0.4, -0.2) is 46.7 Å². The van der Waals surface area contributed by atoms with E-state index in [1.165, 1.54) is 27.8 Å². The highest BCUT2D eigenvalue weighted by molar-refractivity contribution is 7.79. The van der Waals surface area contributed by atoms with Gasteiger partial charge in [0.2, 0.25) is 0 Å². The summed E-state index contributed by atoms with van der Waals surface area (Å²) in [5.74, 6) is 3.04. The van der Waals surface area contributed by atoms with Crippen LogP contribution in [-0.2, 0) is 33.1 Å². The van der Waals surface area contributed by atoms with Crippen molar-refractivity contribution in [3.63, 3.8) is 0 Å². The van der Waals surface area contributed by atoms with E-state index >= 15 is 0 Å². The summed E-state index contributed by atoms with van der Waals surface area (Å²) in [6.07, 6.45) is 1.02. The minimum atomic E-state index is 0.250. The van der Waals surface area contributed by atoms with Crippen LogP contribution in [0.2, 0.25) is 0 Å². The summed E-state index contributed by atoms with van der Waals surface area (Å²) in [6.45, 7) is 3.40. The molecule has 1 saturated heterocycles. The van der Waals surface area contributed by atoms with Crippen LogP contribution in [0.5, 0.6) is 17.2 Å². The third-order valence-corrected chi connectivity index (χ3v) is 9.61. The molecule has 0 atom stereocenters. The Morgan fingerprint density at radius 2 is 1.37 bits per heavy atom. The molecule has 0 aliphatic carbocycles. The zero-order valence-corrected chi connectivity index (χ0v) is 30.2. The first kappa shape index (κ1) is 36.3. The normalized spacial score (nSPS) is 12.4. The largest absolute Gasteiger partial charge is 0.497 e. The maximum Gasteiger partial charge on any atom is 0.373 e. The second-order valence-corrected chi connectivity index (χ2v) is 12.7. The fourth-order valence-electron chi connectivity index (χ4n) is 6.71. The molecule has 52 heavy (non-hydrogen) atoms. The summed E-state index contributed by atoms with van der Waals surface area (Å²) in [6, 6.07) is 42.8. The van der Waals surface area contributed by atoms with Gasteiger partial charge in [-0.15, -0.1) is 0 Å². The summed E-state index contributed by atoms with van der Waals surface area (Å²) in [5, 5.41) is 2.19. The lowest BCUT2D eigenvalue weighted by Gasteiger charge is -2.32. The van der Waals surface area contributed by atoms with Gasteiger partial charge in [0.1, 0.15) is 23.9 Å². The van der Waals surface area contributed by atoms with Gasteiger partial charge in [0, 0.05) is 47.1 Å². The third-order valence-electron chi connectivity index (χ3n) is 9.25. The van der Waals surface area contributed by atoms with Crippen molar-refractivity contribution in [3.05, 3.63) is 144 Å². The summed E-state index contributed by atoms with van der Waals surface area (Å²) >= 11 is 4.54. The smallest absolute Gasteiger partial charge is 0.373 e. The van der Waals surface area contributed by atoms with Crippen LogP contribution < -0.4 is 19.1 Å². The van der Waals surface area contributed by atoms with Crippen LogP contribution >= 0.6 is 12.6 Å². The average molecular weight is 712 g/mol. The number of rotatable bonds is 11. The number of hydrogen-bond acceptors (Lipinski definition) is 8. The predicted molar refractivity (Wildman–Crippen MR) is 209 cm³/mol. The molecule has 1 heterocycles. The number of ether oxygens (including phenoxy) is 4.